The van der Waals surface area contributed by atoms with Crippen molar-refractivity contribution < 1.29 is 13.6 Å². The predicted octanol–water partition coefficient (Wildman–Crippen LogP) is 4.35. The monoisotopic (exact) mass is 378 g/mol. The van der Waals surface area contributed by atoms with E-state index in [4.69, 9.17) is 5.73 Å². The molecule has 0 aliphatic carbocycles. The number of aromatic nitrogens is 2. The minimum Gasteiger partial charge on any atom is -0.383 e. The molecule has 4 aromatic rings. The number of carbonyl (C=O) groups excluding carboxylic acids is 1. The molecule has 0 saturated heterocycles. The third-order valence-corrected chi connectivity index (χ3v) is 4.58. The molecule has 140 valence electrons. The van der Waals surface area contributed by atoms with Gasteiger partial charge in [-0.2, -0.15) is 0 Å². The quantitative estimate of drug-likeness (QED) is 0.557. The van der Waals surface area contributed by atoms with Crippen molar-refractivity contribution in [3.8, 4) is 11.3 Å². The number of hydrogen-bond donors (Lipinski definition) is 2. The number of nitrogens with zero attached hydrogens (tertiary/aromatic N) is 2. The highest BCUT2D eigenvalue weighted by Crippen LogP contribution is 2.31. The SMILES string of the molecule is Cn1c(-c2ccc(NC(=O)c3c(F)cccc3F)nc2N)cc2ccccc21. The van der Waals surface area contributed by atoms with Gasteiger partial charge in [-0.05, 0) is 36.4 Å². The fraction of sp³-hybridized carbons (Fsp3) is 0.0476. The molecule has 28 heavy (non-hydrogen) atoms. The fourth-order valence-electron chi connectivity index (χ4n) is 3.20. The number of amides is 1. The van der Waals surface area contributed by atoms with E-state index in [0.717, 1.165) is 28.7 Å². The summed E-state index contributed by atoms with van der Waals surface area (Å²) in [5.74, 6) is -2.53. The van der Waals surface area contributed by atoms with E-state index < -0.39 is 23.1 Å². The van der Waals surface area contributed by atoms with Crippen LogP contribution in [0.4, 0.5) is 20.4 Å². The number of nitrogens with one attached hydrogen (secondary N) is 1. The lowest BCUT2D eigenvalue weighted by molar-refractivity contribution is 0.101. The van der Waals surface area contributed by atoms with Crippen molar-refractivity contribution in [2.75, 3.05) is 11.1 Å². The zero-order chi connectivity index (χ0) is 19.8. The lowest BCUT2D eigenvalue weighted by atomic mass is 10.1. The third kappa shape index (κ3) is 2.96. The Bertz CT molecular complexity index is 1200. The molecule has 3 N–H and O–H groups in total. The van der Waals surface area contributed by atoms with Crippen molar-refractivity contribution in [3.05, 3.63) is 77.9 Å². The van der Waals surface area contributed by atoms with Gasteiger partial charge in [0, 0.05) is 23.5 Å². The first-order chi connectivity index (χ1) is 13.5. The van der Waals surface area contributed by atoms with Gasteiger partial charge in [-0.15, -0.1) is 0 Å². The Morgan fingerprint density at radius 1 is 1.04 bits per heavy atom. The number of halogens is 2. The number of fused-ring (bicyclic) bond motifs is 1. The highest BCUT2D eigenvalue weighted by Gasteiger charge is 2.18. The number of rotatable bonds is 3. The van der Waals surface area contributed by atoms with E-state index in [1.54, 1.807) is 12.1 Å². The van der Waals surface area contributed by atoms with Crippen LogP contribution in [0.3, 0.4) is 0 Å². The minimum atomic E-state index is -0.947. The number of para-hydroxylation sites is 1. The van der Waals surface area contributed by atoms with E-state index >= 15 is 0 Å². The molecule has 2 aromatic carbocycles. The number of nitrogens with two attached hydrogens (primary N) is 1. The molecule has 7 heteroatoms. The van der Waals surface area contributed by atoms with Crippen LogP contribution in [0.5, 0.6) is 0 Å². The molecule has 5 nitrogen and oxygen atoms in total. The first-order valence-corrected chi connectivity index (χ1v) is 8.52. The molecule has 1 amide bonds. The molecule has 0 saturated carbocycles. The van der Waals surface area contributed by atoms with Crippen LogP contribution in [0, 0.1) is 11.6 Å². The fourth-order valence-corrected chi connectivity index (χ4v) is 3.20. The zero-order valence-corrected chi connectivity index (χ0v) is 14.9. The number of hydrogen-bond acceptors (Lipinski definition) is 3. The summed E-state index contributed by atoms with van der Waals surface area (Å²) in [6.07, 6.45) is 0. The maximum absolute atomic E-state index is 13.8. The van der Waals surface area contributed by atoms with Crippen molar-refractivity contribution in [3.63, 3.8) is 0 Å². The highest BCUT2D eigenvalue weighted by molar-refractivity contribution is 6.04. The Morgan fingerprint density at radius 3 is 2.43 bits per heavy atom. The number of carbonyl (C=O) groups is 1. The molecule has 0 radical (unpaired) electrons. The number of benzene rings is 2. The normalized spacial score (nSPS) is 11.0. The predicted molar refractivity (Wildman–Crippen MR) is 105 cm³/mol. The second kappa shape index (κ2) is 6.77. The Morgan fingerprint density at radius 2 is 1.75 bits per heavy atom. The molecule has 0 fully saturated rings. The van der Waals surface area contributed by atoms with Crippen LogP contribution in [0.25, 0.3) is 22.2 Å². The molecule has 0 aliphatic heterocycles. The summed E-state index contributed by atoms with van der Waals surface area (Å²) >= 11 is 0. The Hall–Kier alpha value is -3.74. The summed E-state index contributed by atoms with van der Waals surface area (Å²) in [5, 5.41) is 3.45. The lowest BCUT2D eigenvalue weighted by Gasteiger charge is -2.10. The topological polar surface area (TPSA) is 72.9 Å². The maximum atomic E-state index is 13.8. The average molecular weight is 378 g/mol. The van der Waals surface area contributed by atoms with Crippen molar-refractivity contribution in [2.45, 2.75) is 0 Å². The van der Waals surface area contributed by atoms with Gasteiger partial charge in [-0.25, -0.2) is 13.8 Å². The minimum absolute atomic E-state index is 0.104. The Labute approximate surface area is 159 Å². The maximum Gasteiger partial charge on any atom is 0.262 e. The van der Waals surface area contributed by atoms with Crippen molar-refractivity contribution in [2.24, 2.45) is 7.05 Å². The number of pyridine rings is 1. The van der Waals surface area contributed by atoms with Gasteiger partial charge >= 0.3 is 0 Å². The molecular formula is C21H16F2N4O. The summed E-state index contributed by atoms with van der Waals surface area (Å²) in [6, 6.07) is 16.4. The van der Waals surface area contributed by atoms with Gasteiger partial charge < -0.3 is 15.6 Å². The van der Waals surface area contributed by atoms with E-state index in [9.17, 15) is 13.6 Å². The first kappa shape index (κ1) is 17.7. The van der Waals surface area contributed by atoms with Gasteiger partial charge in [0.1, 0.15) is 28.8 Å². The second-order valence-electron chi connectivity index (χ2n) is 6.33. The van der Waals surface area contributed by atoms with Gasteiger partial charge in [0.25, 0.3) is 5.91 Å². The summed E-state index contributed by atoms with van der Waals surface area (Å²) in [7, 11) is 1.92. The molecule has 2 aromatic heterocycles. The van der Waals surface area contributed by atoms with E-state index in [1.807, 2.05) is 41.9 Å². The van der Waals surface area contributed by atoms with Crippen LogP contribution in [-0.2, 0) is 7.05 Å². The number of aryl methyl sites for hydroxylation is 1. The largest absolute Gasteiger partial charge is 0.383 e. The van der Waals surface area contributed by atoms with Crippen LogP contribution in [0.2, 0.25) is 0 Å². The van der Waals surface area contributed by atoms with Crippen LogP contribution < -0.4 is 11.1 Å². The van der Waals surface area contributed by atoms with Crippen molar-refractivity contribution in [1.29, 1.82) is 0 Å². The van der Waals surface area contributed by atoms with Gasteiger partial charge in [-0.1, -0.05) is 24.3 Å². The van der Waals surface area contributed by atoms with E-state index in [0.29, 0.717) is 5.56 Å². The molecular weight excluding hydrogens is 362 g/mol. The smallest absolute Gasteiger partial charge is 0.262 e. The third-order valence-electron chi connectivity index (χ3n) is 4.58. The van der Waals surface area contributed by atoms with Crippen LogP contribution in [-0.4, -0.2) is 15.5 Å². The Balaban J connectivity index is 1.66. The second-order valence-corrected chi connectivity index (χ2v) is 6.33. The molecule has 0 spiro atoms. The summed E-state index contributed by atoms with van der Waals surface area (Å²) in [4.78, 5) is 16.4. The average Bonchev–Trinajstić information content (AvgIpc) is 2.98. The van der Waals surface area contributed by atoms with Crippen LogP contribution in [0.1, 0.15) is 10.4 Å². The van der Waals surface area contributed by atoms with Crippen molar-refractivity contribution >= 4 is 28.4 Å². The van der Waals surface area contributed by atoms with E-state index in [-0.39, 0.29) is 11.6 Å². The van der Waals surface area contributed by atoms with E-state index in [2.05, 4.69) is 10.3 Å². The summed E-state index contributed by atoms with van der Waals surface area (Å²) < 4.78 is 29.5. The van der Waals surface area contributed by atoms with Gasteiger partial charge in [0.05, 0.1) is 5.69 Å². The molecule has 4 rings (SSSR count). The summed E-state index contributed by atoms with van der Waals surface area (Å²) in [6.45, 7) is 0. The van der Waals surface area contributed by atoms with Crippen LogP contribution >= 0.6 is 0 Å². The van der Waals surface area contributed by atoms with Gasteiger partial charge in [-0.3, -0.25) is 4.79 Å². The molecule has 2 heterocycles. The highest BCUT2D eigenvalue weighted by atomic mass is 19.1. The van der Waals surface area contributed by atoms with Gasteiger partial charge in [0.2, 0.25) is 0 Å². The van der Waals surface area contributed by atoms with E-state index in [1.165, 1.54) is 6.07 Å². The van der Waals surface area contributed by atoms with Gasteiger partial charge in [0.15, 0.2) is 0 Å². The molecule has 0 bridgehead atoms. The molecule has 0 atom stereocenters. The molecule has 0 unspecified atom stereocenters. The zero-order valence-electron chi connectivity index (χ0n) is 14.9. The molecule has 0 aliphatic rings. The first-order valence-electron chi connectivity index (χ1n) is 8.52. The standard InChI is InChI=1S/C21H16F2N4O/c1-27-16-8-3-2-5-12(16)11-17(27)13-9-10-18(25-20(13)24)26-21(28)19-14(22)6-4-7-15(19)23/h2-11H,1H3,(H3,24,25,26,28). The van der Waals surface area contributed by atoms with Crippen LogP contribution in [0.15, 0.2) is 60.7 Å². The Kier molecular flexibility index (Phi) is 4.27. The number of nitrogen functional groups attached to an aromatic ring is 1. The lowest BCUT2D eigenvalue weighted by Crippen LogP contribution is -2.17. The van der Waals surface area contributed by atoms with Crippen molar-refractivity contribution in [1.82, 2.24) is 9.55 Å². The summed E-state index contributed by atoms with van der Waals surface area (Å²) in [5.41, 5.74) is 8.03. The number of anilines is 2.